The Kier molecular flexibility index (Phi) is 4.29. The van der Waals surface area contributed by atoms with E-state index in [-0.39, 0.29) is 11.4 Å². The van der Waals surface area contributed by atoms with Gasteiger partial charge >= 0.3 is 0 Å². The van der Waals surface area contributed by atoms with Gasteiger partial charge < -0.3 is 5.73 Å². The molecule has 0 spiro atoms. The number of nitro groups is 1. The fourth-order valence-electron chi connectivity index (χ4n) is 1.88. The van der Waals surface area contributed by atoms with Gasteiger partial charge in [0.2, 0.25) is 0 Å². The maximum atomic E-state index is 10.7. The van der Waals surface area contributed by atoms with Gasteiger partial charge in [-0.05, 0) is 37.1 Å². The summed E-state index contributed by atoms with van der Waals surface area (Å²) in [7, 11) is 0. The van der Waals surface area contributed by atoms with E-state index in [9.17, 15) is 10.1 Å². The number of anilines is 1. The first-order valence-electron chi connectivity index (χ1n) is 6.20. The zero-order chi connectivity index (χ0) is 14.7. The van der Waals surface area contributed by atoms with Crippen LogP contribution in [0, 0.1) is 24.0 Å². The van der Waals surface area contributed by atoms with Crippen molar-refractivity contribution in [1.29, 1.82) is 0 Å². The molecule has 0 bridgehead atoms. The molecule has 0 amide bonds. The highest BCUT2D eigenvalue weighted by Crippen LogP contribution is 2.29. The molecule has 0 aliphatic rings. The Morgan fingerprint density at radius 3 is 2.60 bits per heavy atom. The number of hydrogen-bond acceptors (Lipinski definition) is 4. The Hall–Kier alpha value is -2.01. The van der Waals surface area contributed by atoms with Crippen LogP contribution in [0.3, 0.4) is 0 Å². The number of thioether (sulfide) groups is 1. The van der Waals surface area contributed by atoms with Gasteiger partial charge in [0.15, 0.2) is 0 Å². The van der Waals surface area contributed by atoms with Gasteiger partial charge in [-0.25, -0.2) is 0 Å². The van der Waals surface area contributed by atoms with Gasteiger partial charge in [0.1, 0.15) is 5.69 Å². The molecular formula is C15H16N2O2S. The molecule has 0 aromatic heterocycles. The van der Waals surface area contributed by atoms with Crippen LogP contribution in [0.4, 0.5) is 11.4 Å². The molecule has 0 radical (unpaired) electrons. The van der Waals surface area contributed by atoms with Crippen LogP contribution in [0.2, 0.25) is 0 Å². The third kappa shape index (κ3) is 3.30. The molecule has 2 aromatic carbocycles. The van der Waals surface area contributed by atoms with E-state index < -0.39 is 4.92 Å². The summed E-state index contributed by atoms with van der Waals surface area (Å²) in [6.07, 6.45) is 0. The van der Waals surface area contributed by atoms with Gasteiger partial charge in [0.25, 0.3) is 5.69 Å². The standard InChI is InChI=1S/C15H16N2O2S/c1-10-3-4-11(2)15(7-10)20-9-12-5-6-14(17(18)19)13(16)8-12/h3-8H,9,16H2,1-2H3. The van der Waals surface area contributed by atoms with Crippen LogP contribution in [0.25, 0.3) is 0 Å². The second kappa shape index (κ2) is 5.96. The van der Waals surface area contributed by atoms with Crippen molar-refractivity contribution in [1.82, 2.24) is 0 Å². The van der Waals surface area contributed by atoms with E-state index in [4.69, 9.17) is 5.73 Å². The van der Waals surface area contributed by atoms with Crippen LogP contribution in [-0.4, -0.2) is 4.92 Å². The van der Waals surface area contributed by atoms with E-state index in [1.807, 2.05) is 0 Å². The third-order valence-electron chi connectivity index (χ3n) is 3.03. The molecule has 0 saturated carbocycles. The lowest BCUT2D eigenvalue weighted by molar-refractivity contribution is -0.383. The molecule has 2 N–H and O–H groups in total. The molecule has 2 aromatic rings. The topological polar surface area (TPSA) is 69.2 Å². The van der Waals surface area contributed by atoms with E-state index >= 15 is 0 Å². The van der Waals surface area contributed by atoms with Gasteiger partial charge in [0, 0.05) is 16.7 Å². The number of nitrogen functional groups attached to an aromatic ring is 1. The number of benzene rings is 2. The average molecular weight is 288 g/mol. The van der Waals surface area contributed by atoms with E-state index in [1.165, 1.54) is 22.1 Å². The Labute approximate surface area is 122 Å². The average Bonchev–Trinajstić information content (AvgIpc) is 2.39. The fourth-order valence-corrected chi connectivity index (χ4v) is 2.95. The summed E-state index contributed by atoms with van der Waals surface area (Å²) in [6.45, 7) is 4.14. The van der Waals surface area contributed by atoms with E-state index in [0.717, 1.165) is 11.3 Å². The van der Waals surface area contributed by atoms with Crippen molar-refractivity contribution in [3.8, 4) is 0 Å². The van der Waals surface area contributed by atoms with Crippen molar-refractivity contribution in [2.24, 2.45) is 0 Å². The first-order chi connectivity index (χ1) is 9.47. The third-order valence-corrected chi connectivity index (χ3v) is 4.26. The van der Waals surface area contributed by atoms with Crippen molar-refractivity contribution in [3.05, 3.63) is 63.2 Å². The summed E-state index contributed by atoms with van der Waals surface area (Å²) in [5, 5.41) is 10.7. The minimum absolute atomic E-state index is 0.0366. The molecule has 0 saturated heterocycles. The predicted molar refractivity (Wildman–Crippen MR) is 83.0 cm³/mol. The smallest absolute Gasteiger partial charge is 0.292 e. The zero-order valence-electron chi connectivity index (χ0n) is 11.4. The lowest BCUT2D eigenvalue weighted by Gasteiger charge is -2.07. The number of nitrogens with two attached hydrogens (primary N) is 1. The molecule has 104 valence electrons. The van der Waals surface area contributed by atoms with Gasteiger partial charge in [-0.15, -0.1) is 11.8 Å². The molecule has 0 heterocycles. The monoisotopic (exact) mass is 288 g/mol. The molecular weight excluding hydrogens is 272 g/mol. The van der Waals surface area contributed by atoms with Crippen molar-refractivity contribution >= 4 is 23.1 Å². The molecule has 0 unspecified atom stereocenters. The van der Waals surface area contributed by atoms with Gasteiger partial charge in [-0.1, -0.05) is 23.8 Å². The molecule has 0 aliphatic carbocycles. The SMILES string of the molecule is Cc1ccc(C)c(SCc2ccc([N+](=O)[O-])c(N)c2)c1. The largest absolute Gasteiger partial charge is 0.393 e. The van der Waals surface area contributed by atoms with E-state index in [1.54, 1.807) is 23.9 Å². The highest BCUT2D eigenvalue weighted by Gasteiger charge is 2.11. The second-order valence-electron chi connectivity index (χ2n) is 4.71. The first kappa shape index (κ1) is 14.4. The van der Waals surface area contributed by atoms with Crippen molar-refractivity contribution < 1.29 is 4.92 Å². The summed E-state index contributed by atoms with van der Waals surface area (Å²) in [4.78, 5) is 11.5. The molecule has 2 rings (SSSR count). The summed E-state index contributed by atoms with van der Waals surface area (Å²) in [5.74, 6) is 0.743. The summed E-state index contributed by atoms with van der Waals surface area (Å²) < 4.78 is 0. The second-order valence-corrected chi connectivity index (χ2v) is 5.73. The number of nitrogens with zero attached hydrogens (tertiary/aromatic N) is 1. The normalized spacial score (nSPS) is 10.5. The van der Waals surface area contributed by atoms with E-state index in [0.29, 0.717) is 0 Å². The number of aryl methyl sites for hydroxylation is 2. The van der Waals surface area contributed by atoms with Crippen LogP contribution < -0.4 is 5.73 Å². The number of hydrogen-bond donors (Lipinski definition) is 1. The highest BCUT2D eigenvalue weighted by atomic mass is 32.2. The molecule has 0 fully saturated rings. The maximum absolute atomic E-state index is 10.7. The van der Waals surface area contributed by atoms with Crippen LogP contribution in [-0.2, 0) is 5.75 Å². The van der Waals surface area contributed by atoms with Crippen molar-refractivity contribution in [2.75, 3.05) is 5.73 Å². The fraction of sp³-hybridized carbons (Fsp3) is 0.200. The first-order valence-corrected chi connectivity index (χ1v) is 7.19. The maximum Gasteiger partial charge on any atom is 0.292 e. The molecule has 4 nitrogen and oxygen atoms in total. The van der Waals surface area contributed by atoms with Crippen LogP contribution >= 0.6 is 11.8 Å². The number of rotatable bonds is 4. The van der Waals surface area contributed by atoms with Gasteiger partial charge in [-0.3, -0.25) is 10.1 Å². The van der Waals surface area contributed by atoms with Gasteiger partial charge in [-0.2, -0.15) is 0 Å². The van der Waals surface area contributed by atoms with Crippen molar-refractivity contribution in [2.45, 2.75) is 24.5 Å². The Morgan fingerprint density at radius 1 is 1.20 bits per heavy atom. The van der Waals surface area contributed by atoms with Crippen LogP contribution in [0.5, 0.6) is 0 Å². The van der Waals surface area contributed by atoms with Gasteiger partial charge in [0.05, 0.1) is 4.92 Å². The molecule has 0 aliphatic heterocycles. The summed E-state index contributed by atoms with van der Waals surface area (Å²) in [5.41, 5.74) is 9.32. The highest BCUT2D eigenvalue weighted by molar-refractivity contribution is 7.98. The molecule has 0 atom stereocenters. The number of nitro benzene ring substituents is 1. The summed E-state index contributed by atoms with van der Waals surface area (Å²) in [6, 6.07) is 11.2. The van der Waals surface area contributed by atoms with Crippen molar-refractivity contribution in [3.63, 3.8) is 0 Å². The quantitative estimate of drug-likeness (QED) is 0.398. The van der Waals surface area contributed by atoms with E-state index in [2.05, 4.69) is 32.0 Å². The Bertz CT molecular complexity index is 656. The molecule has 20 heavy (non-hydrogen) atoms. The summed E-state index contributed by atoms with van der Waals surface area (Å²) >= 11 is 1.71. The molecule has 5 heteroatoms. The van der Waals surface area contributed by atoms with Crippen LogP contribution in [0.15, 0.2) is 41.3 Å². The minimum Gasteiger partial charge on any atom is -0.393 e. The lowest BCUT2D eigenvalue weighted by Crippen LogP contribution is -1.96. The Morgan fingerprint density at radius 2 is 1.95 bits per heavy atom. The minimum atomic E-state index is -0.461. The zero-order valence-corrected chi connectivity index (χ0v) is 12.2. The predicted octanol–water partition coefficient (Wildman–Crippen LogP) is 4.09. The lowest BCUT2D eigenvalue weighted by atomic mass is 10.2. The Balaban J connectivity index is 2.13. The van der Waals surface area contributed by atoms with Crippen LogP contribution in [0.1, 0.15) is 16.7 Å².